The number of nitrogens with zero attached hydrogens (tertiary/aromatic N) is 1. The van der Waals surface area contributed by atoms with Crippen molar-refractivity contribution in [2.45, 2.75) is 39.7 Å². The van der Waals surface area contributed by atoms with Gasteiger partial charge in [0, 0.05) is 23.8 Å². The molecular weight excluding hydrogens is 278 g/mol. The fourth-order valence-electron chi connectivity index (χ4n) is 2.90. The summed E-state index contributed by atoms with van der Waals surface area (Å²) >= 11 is 0. The first-order valence-corrected chi connectivity index (χ1v) is 7.91. The Balaban J connectivity index is 1.92. The molecule has 1 fully saturated rings. The number of urea groups is 1. The van der Waals surface area contributed by atoms with Gasteiger partial charge >= 0.3 is 6.03 Å². The van der Waals surface area contributed by atoms with Crippen LogP contribution in [-0.4, -0.2) is 42.4 Å². The van der Waals surface area contributed by atoms with Gasteiger partial charge in [0.1, 0.15) is 0 Å². The first kappa shape index (κ1) is 16.5. The van der Waals surface area contributed by atoms with E-state index in [-0.39, 0.29) is 11.8 Å². The highest BCUT2D eigenvalue weighted by Crippen LogP contribution is 2.18. The molecule has 0 saturated carbocycles. The molecule has 1 aromatic carbocycles. The van der Waals surface area contributed by atoms with E-state index in [9.17, 15) is 9.59 Å². The number of aryl methyl sites for hydroxylation is 1. The number of anilines is 1. The molecule has 1 unspecified atom stereocenters. The Kier molecular flexibility index (Phi) is 5.55. The average Bonchev–Trinajstić information content (AvgIpc) is 2.94. The molecule has 0 radical (unpaired) electrons. The zero-order chi connectivity index (χ0) is 16.1. The third-order valence-corrected chi connectivity index (χ3v) is 4.30. The molecule has 22 heavy (non-hydrogen) atoms. The van der Waals surface area contributed by atoms with Crippen LogP contribution in [0.4, 0.5) is 10.5 Å². The van der Waals surface area contributed by atoms with E-state index in [1.807, 2.05) is 13.0 Å². The number of carbonyl (C=O) groups is 2. The lowest BCUT2D eigenvalue weighted by molar-refractivity contribution is 0.101. The number of rotatable bonds is 5. The number of amides is 2. The molecule has 2 amide bonds. The molecule has 0 bridgehead atoms. The minimum absolute atomic E-state index is 0.00648. The van der Waals surface area contributed by atoms with Gasteiger partial charge in [-0.2, -0.15) is 0 Å². The molecule has 0 aromatic heterocycles. The lowest BCUT2D eigenvalue weighted by Gasteiger charge is -2.23. The minimum Gasteiger partial charge on any atom is -0.336 e. The molecule has 5 heteroatoms. The monoisotopic (exact) mass is 303 g/mol. The Morgan fingerprint density at radius 2 is 2.14 bits per heavy atom. The summed E-state index contributed by atoms with van der Waals surface area (Å²) in [6, 6.07) is 5.57. The maximum absolute atomic E-state index is 12.1. The van der Waals surface area contributed by atoms with Gasteiger partial charge in [-0.25, -0.2) is 4.79 Å². The highest BCUT2D eigenvalue weighted by Gasteiger charge is 2.23. The normalized spacial score (nSPS) is 18.2. The summed E-state index contributed by atoms with van der Waals surface area (Å²) in [5.74, 6) is -0.00648. The average molecular weight is 303 g/mol. The van der Waals surface area contributed by atoms with Gasteiger partial charge in [0.2, 0.25) is 0 Å². The van der Waals surface area contributed by atoms with Crippen LogP contribution < -0.4 is 10.6 Å². The van der Waals surface area contributed by atoms with E-state index < -0.39 is 0 Å². The van der Waals surface area contributed by atoms with Crippen molar-refractivity contribution in [1.82, 2.24) is 10.2 Å². The Morgan fingerprint density at radius 3 is 2.82 bits per heavy atom. The predicted molar refractivity (Wildman–Crippen MR) is 88.5 cm³/mol. The van der Waals surface area contributed by atoms with Gasteiger partial charge in [-0.15, -0.1) is 0 Å². The largest absolute Gasteiger partial charge is 0.336 e. The molecular formula is C17H25N3O2. The van der Waals surface area contributed by atoms with Crippen molar-refractivity contribution in [1.29, 1.82) is 0 Å². The number of likely N-dealkylation sites (N-methyl/N-ethyl adjacent to an activating group) is 1. The van der Waals surface area contributed by atoms with Crippen LogP contribution in [0.5, 0.6) is 0 Å². The molecule has 1 heterocycles. The number of hydrogen-bond acceptors (Lipinski definition) is 3. The van der Waals surface area contributed by atoms with Crippen molar-refractivity contribution in [2.75, 3.05) is 25.0 Å². The Labute approximate surface area is 132 Å². The van der Waals surface area contributed by atoms with Gasteiger partial charge in [-0.05, 0) is 51.4 Å². The molecule has 2 rings (SSSR count). The number of hydrogen-bond donors (Lipinski definition) is 2. The second-order valence-corrected chi connectivity index (χ2v) is 5.85. The maximum atomic E-state index is 12.1. The number of benzene rings is 1. The van der Waals surface area contributed by atoms with Gasteiger partial charge in [0.25, 0.3) is 0 Å². The van der Waals surface area contributed by atoms with E-state index >= 15 is 0 Å². The van der Waals surface area contributed by atoms with E-state index in [4.69, 9.17) is 0 Å². The third kappa shape index (κ3) is 4.07. The lowest BCUT2D eigenvalue weighted by atomic mass is 10.1. The summed E-state index contributed by atoms with van der Waals surface area (Å²) in [5, 5.41) is 5.78. The number of nitrogens with one attached hydrogen (secondary N) is 2. The van der Waals surface area contributed by atoms with Crippen LogP contribution >= 0.6 is 0 Å². The van der Waals surface area contributed by atoms with E-state index in [1.165, 1.54) is 13.3 Å². The van der Waals surface area contributed by atoms with E-state index in [0.717, 1.165) is 25.1 Å². The Bertz CT molecular complexity index is 557. The minimum atomic E-state index is -0.216. The second kappa shape index (κ2) is 7.40. The van der Waals surface area contributed by atoms with Crippen molar-refractivity contribution in [3.63, 3.8) is 0 Å². The molecule has 1 aromatic rings. The highest BCUT2D eigenvalue weighted by molar-refractivity contribution is 5.97. The summed E-state index contributed by atoms with van der Waals surface area (Å²) in [4.78, 5) is 25.9. The first-order valence-electron chi connectivity index (χ1n) is 7.91. The SMILES string of the molecule is CCN1CCCC1CNC(=O)Nc1cc(C(C)=O)ccc1C. The second-order valence-electron chi connectivity index (χ2n) is 5.85. The van der Waals surface area contributed by atoms with Crippen LogP contribution in [0.25, 0.3) is 0 Å². The van der Waals surface area contributed by atoms with Crippen LogP contribution in [0.1, 0.15) is 42.6 Å². The van der Waals surface area contributed by atoms with E-state index in [1.54, 1.807) is 12.1 Å². The third-order valence-electron chi connectivity index (χ3n) is 4.30. The Hall–Kier alpha value is -1.88. The number of carbonyl (C=O) groups excluding carboxylic acids is 2. The lowest BCUT2D eigenvalue weighted by Crippen LogP contribution is -2.41. The molecule has 0 aliphatic carbocycles. The molecule has 1 atom stereocenters. The van der Waals surface area contributed by atoms with Crippen molar-refractivity contribution >= 4 is 17.5 Å². The van der Waals surface area contributed by atoms with Gasteiger partial charge in [0.15, 0.2) is 5.78 Å². The molecule has 5 nitrogen and oxygen atoms in total. The van der Waals surface area contributed by atoms with Crippen LogP contribution in [-0.2, 0) is 0 Å². The highest BCUT2D eigenvalue weighted by atomic mass is 16.2. The predicted octanol–water partition coefficient (Wildman–Crippen LogP) is 2.80. The maximum Gasteiger partial charge on any atom is 0.319 e. The van der Waals surface area contributed by atoms with Crippen LogP contribution in [0.2, 0.25) is 0 Å². The zero-order valence-corrected chi connectivity index (χ0v) is 13.6. The zero-order valence-electron chi connectivity index (χ0n) is 13.6. The molecule has 1 aliphatic heterocycles. The van der Waals surface area contributed by atoms with E-state index in [0.29, 0.717) is 23.8 Å². The number of ketones is 1. The first-order chi connectivity index (χ1) is 10.5. The fourth-order valence-corrected chi connectivity index (χ4v) is 2.90. The van der Waals surface area contributed by atoms with Crippen molar-refractivity contribution < 1.29 is 9.59 Å². The summed E-state index contributed by atoms with van der Waals surface area (Å²) < 4.78 is 0. The summed E-state index contributed by atoms with van der Waals surface area (Å²) in [6.07, 6.45) is 2.33. The number of likely N-dealkylation sites (tertiary alicyclic amines) is 1. The number of Topliss-reactive ketones (excluding diaryl/α,β-unsaturated/α-hetero) is 1. The molecule has 1 aliphatic rings. The van der Waals surface area contributed by atoms with Crippen LogP contribution in [0, 0.1) is 6.92 Å². The Morgan fingerprint density at radius 1 is 1.36 bits per heavy atom. The molecule has 2 N–H and O–H groups in total. The van der Waals surface area contributed by atoms with Crippen LogP contribution in [0.15, 0.2) is 18.2 Å². The molecule has 120 valence electrons. The molecule has 0 spiro atoms. The van der Waals surface area contributed by atoms with Crippen molar-refractivity contribution in [2.24, 2.45) is 0 Å². The standard InChI is InChI=1S/C17H25N3O2/c1-4-20-9-5-6-15(20)11-18-17(22)19-16-10-14(13(3)21)8-7-12(16)2/h7-8,10,15H,4-6,9,11H2,1-3H3,(H2,18,19,22). The smallest absolute Gasteiger partial charge is 0.319 e. The summed E-state index contributed by atoms with van der Waals surface area (Å²) in [7, 11) is 0. The van der Waals surface area contributed by atoms with E-state index in [2.05, 4.69) is 22.5 Å². The van der Waals surface area contributed by atoms with Gasteiger partial charge < -0.3 is 10.6 Å². The van der Waals surface area contributed by atoms with Crippen molar-refractivity contribution in [3.8, 4) is 0 Å². The van der Waals surface area contributed by atoms with Gasteiger partial charge in [-0.3, -0.25) is 9.69 Å². The van der Waals surface area contributed by atoms with Crippen LogP contribution in [0.3, 0.4) is 0 Å². The molecule has 1 saturated heterocycles. The van der Waals surface area contributed by atoms with Gasteiger partial charge in [-0.1, -0.05) is 19.1 Å². The van der Waals surface area contributed by atoms with Gasteiger partial charge in [0.05, 0.1) is 0 Å². The summed E-state index contributed by atoms with van der Waals surface area (Å²) in [6.45, 7) is 8.38. The quantitative estimate of drug-likeness (QED) is 0.822. The topological polar surface area (TPSA) is 61.4 Å². The fraction of sp³-hybridized carbons (Fsp3) is 0.529. The van der Waals surface area contributed by atoms with Crippen molar-refractivity contribution in [3.05, 3.63) is 29.3 Å². The summed E-state index contributed by atoms with van der Waals surface area (Å²) in [5.41, 5.74) is 2.23.